The molecule has 0 unspecified atom stereocenters. The zero-order chi connectivity index (χ0) is 12.8. The number of benzene rings is 1. The maximum Gasteiger partial charge on any atom is 0.140 e. The number of anilines is 2. The Morgan fingerprint density at radius 3 is 2.67 bits per heavy atom. The SMILES string of the molecule is CCN(Cc1ccnc(NN)c1)c1ccccc1. The van der Waals surface area contributed by atoms with Gasteiger partial charge in [0, 0.05) is 25.0 Å². The molecule has 0 amide bonds. The number of pyridine rings is 1. The van der Waals surface area contributed by atoms with Gasteiger partial charge in [-0.05, 0) is 36.8 Å². The number of hydrazine groups is 1. The summed E-state index contributed by atoms with van der Waals surface area (Å²) in [5.41, 5.74) is 4.97. The van der Waals surface area contributed by atoms with Gasteiger partial charge in [0.1, 0.15) is 5.82 Å². The van der Waals surface area contributed by atoms with Crippen LogP contribution in [-0.4, -0.2) is 11.5 Å². The number of nitrogens with two attached hydrogens (primary N) is 1. The maximum atomic E-state index is 5.37. The Morgan fingerprint density at radius 1 is 1.22 bits per heavy atom. The van der Waals surface area contributed by atoms with E-state index in [4.69, 9.17) is 5.84 Å². The van der Waals surface area contributed by atoms with Crippen LogP contribution in [0.25, 0.3) is 0 Å². The second-order valence-corrected chi connectivity index (χ2v) is 4.04. The first-order valence-corrected chi connectivity index (χ1v) is 6.05. The second kappa shape index (κ2) is 6.02. The lowest BCUT2D eigenvalue weighted by atomic mass is 10.2. The average molecular weight is 242 g/mol. The van der Waals surface area contributed by atoms with E-state index in [1.54, 1.807) is 6.20 Å². The summed E-state index contributed by atoms with van der Waals surface area (Å²) in [5, 5.41) is 0. The van der Waals surface area contributed by atoms with Crippen molar-refractivity contribution in [3.05, 3.63) is 54.2 Å². The monoisotopic (exact) mass is 242 g/mol. The molecule has 0 saturated carbocycles. The fourth-order valence-electron chi connectivity index (χ4n) is 1.90. The van der Waals surface area contributed by atoms with E-state index in [2.05, 4.69) is 46.5 Å². The molecular formula is C14H18N4. The number of nitrogens with one attached hydrogen (secondary N) is 1. The van der Waals surface area contributed by atoms with Gasteiger partial charge in [-0.2, -0.15) is 0 Å². The van der Waals surface area contributed by atoms with Crippen LogP contribution in [0.4, 0.5) is 11.5 Å². The molecule has 94 valence electrons. The van der Waals surface area contributed by atoms with E-state index >= 15 is 0 Å². The molecule has 1 aromatic heterocycles. The van der Waals surface area contributed by atoms with Crippen molar-refractivity contribution in [1.29, 1.82) is 0 Å². The van der Waals surface area contributed by atoms with Gasteiger partial charge in [-0.15, -0.1) is 0 Å². The molecule has 2 aromatic rings. The van der Waals surface area contributed by atoms with Crippen molar-refractivity contribution < 1.29 is 0 Å². The predicted octanol–water partition coefficient (Wildman–Crippen LogP) is 2.39. The van der Waals surface area contributed by atoms with Crippen molar-refractivity contribution in [2.75, 3.05) is 16.9 Å². The Morgan fingerprint density at radius 2 is 2.00 bits per heavy atom. The number of nitrogen functional groups attached to an aromatic ring is 1. The van der Waals surface area contributed by atoms with E-state index in [0.29, 0.717) is 5.82 Å². The van der Waals surface area contributed by atoms with Gasteiger partial charge < -0.3 is 10.3 Å². The summed E-state index contributed by atoms with van der Waals surface area (Å²) in [5.74, 6) is 6.06. The van der Waals surface area contributed by atoms with Gasteiger partial charge in [-0.25, -0.2) is 10.8 Å². The third-order valence-corrected chi connectivity index (χ3v) is 2.85. The van der Waals surface area contributed by atoms with Crippen LogP contribution in [0.3, 0.4) is 0 Å². The van der Waals surface area contributed by atoms with E-state index in [1.165, 1.54) is 11.3 Å². The molecule has 0 atom stereocenters. The minimum Gasteiger partial charge on any atom is -0.367 e. The molecule has 3 N–H and O–H groups in total. The Labute approximate surface area is 107 Å². The Balaban J connectivity index is 2.15. The molecule has 0 fully saturated rings. The summed E-state index contributed by atoms with van der Waals surface area (Å²) in [6.07, 6.45) is 1.77. The zero-order valence-electron chi connectivity index (χ0n) is 10.5. The molecule has 4 heteroatoms. The lowest BCUT2D eigenvalue weighted by molar-refractivity contribution is 0.830. The molecule has 0 bridgehead atoms. The molecule has 0 radical (unpaired) electrons. The number of para-hydroxylation sites is 1. The second-order valence-electron chi connectivity index (χ2n) is 4.04. The lowest BCUT2D eigenvalue weighted by Gasteiger charge is -2.23. The van der Waals surface area contributed by atoms with E-state index in [1.807, 2.05) is 18.2 Å². The molecule has 0 aliphatic rings. The zero-order valence-corrected chi connectivity index (χ0v) is 10.5. The highest BCUT2D eigenvalue weighted by Crippen LogP contribution is 2.17. The fraction of sp³-hybridized carbons (Fsp3) is 0.214. The molecule has 0 spiro atoms. The molecule has 0 aliphatic heterocycles. The summed E-state index contributed by atoms with van der Waals surface area (Å²) in [6, 6.07) is 14.3. The highest BCUT2D eigenvalue weighted by Gasteiger charge is 2.05. The van der Waals surface area contributed by atoms with Gasteiger partial charge in [-0.1, -0.05) is 18.2 Å². The van der Waals surface area contributed by atoms with Crippen LogP contribution in [0.5, 0.6) is 0 Å². The summed E-state index contributed by atoms with van der Waals surface area (Å²) in [6.45, 7) is 3.95. The van der Waals surface area contributed by atoms with E-state index in [0.717, 1.165) is 13.1 Å². The van der Waals surface area contributed by atoms with Crippen LogP contribution < -0.4 is 16.2 Å². The highest BCUT2D eigenvalue weighted by atomic mass is 15.2. The number of hydrogen-bond acceptors (Lipinski definition) is 4. The largest absolute Gasteiger partial charge is 0.367 e. The predicted molar refractivity (Wildman–Crippen MR) is 75.2 cm³/mol. The van der Waals surface area contributed by atoms with Crippen molar-refractivity contribution >= 4 is 11.5 Å². The van der Waals surface area contributed by atoms with Crippen LogP contribution in [0.2, 0.25) is 0 Å². The van der Waals surface area contributed by atoms with Crippen molar-refractivity contribution in [1.82, 2.24) is 4.98 Å². The minimum absolute atomic E-state index is 0.691. The average Bonchev–Trinajstić information content (AvgIpc) is 2.46. The first-order valence-electron chi connectivity index (χ1n) is 6.05. The van der Waals surface area contributed by atoms with Gasteiger partial charge in [0.2, 0.25) is 0 Å². The van der Waals surface area contributed by atoms with Crippen LogP contribution >= 0.6 is 0 Å². The third-order valence-electron chi connectivity index (χ3n) is 2.85. The van der Waals surface area contributed by atoms with Crippen molar-refractivity contribution in [2.24, 2.45) is 5.84 Å². The number of rotatable bonds is 5. The molecule has 0 saturated heterocycles. The number of hydrogen-bond donors (Lipinski definition) is 2. The molecule has 1 aromatic carbocycles. The molecule has 2 rings (SSSR count). The fourth-order valence-corrected chi connectivity index (χ4v) is 1.90. The van der Waals surface area contributed by atoms with Crippen LogP contribution in [0.1, 0.15) is 12.5 Å². The van der Waals surface area contributed by atoms with Gasteiger partial charge in [0.25, 0.3) is 0 Å². The molecule has 0 aliphatic carbocycles. The number of nitrogens with zero attached hydrogens (tertiary/aromatic N) is 2. The number of aromatic nitrogens is 1. The molecule has 18 heavy (non-hydrogen) atoms. The lowest BCUT2D eigenvalue weighted by Crippen LogP contribution is -2.22. The summed E-state index contributed by atoms with van der Waals surface area (Å²) < 4.78 is 0. The van der Waals surface area contributed by atoms with Gasteiger partial charge in [0.05, 0.1) is 0 Å². The highest BCUT2D eigenvalue weighted by molar-refractivity contribution is 5.47. The van der Waals surface area contributed by atoms with E-state index < -0.39 is 0 Å². The van der Waals surface area contributed by atoms with Gasteiger partial charge in [-0.3, -0.25) is 0 Å². The van der Waals surface area contributed by atoms with Crippen molar-refractivity contribution in [3.8, 4) is 0 Å². The van der Waals surface area contributed by atoms with Gasteiger partial charge in [0.15, 0.2) is 0 Å². The Kier molecular flexibility index (Phi) is 4.15. The van der Waals surface area contributed by atoms with Gasteiger partial charge >= 0.3 is 0 Å². The van der Waals surface area contributed by atoms with Crippen LogP contribution in [-0.2, 0) is 6.54 Å². The molecule has 4 nitrogen and oxygen atoms in total. The van der Waals surface area contributed by atoms with Crippen molar-refractivity contribution in [2.45, 2.75) is 13.5 Å². The van der Waals surface area contributed by atoms with E-state index in [9.17, 15) is 0 Å². The quantitative estimate of drug-likeness (QED) is 0.624. The Hall–Kier alpha value is -2.07. The normalized spacial score (nSPS) is 10.1. The van der Waals surface area contributed by atoms with Crippen LogP contribution in [0, 0.1) is 0 Å². The minimum atomic E-state index is 0.691. The first-order chi connectivity index (χ1) is 8.83. The van der Waals surface area contributed by atoms with Crippen LogP contribution in [0.15, 0.2) is 48.7 Å². The summed E-state index contributed by atoms with van der Waals surface area (Å²) in [7, 11) is 0. The van der Waals surface area contributed by atoms with E-state index in [-0.39, 0.29) is 0 Å². The smallest absolute Gasteiger partial charge is 0.140 e. The molecular weight excluding hydrogens is 224 g/mol. The summed E-state index contributed by atoms with van der Waals surface area (Å²) >= 11 is 0. The molecule has 1 heterocycles. The first kappa shape index (κ1) is 12.4. The third kappa shape index (κ3) is 2.99. The standard InChI is InChI=1S/C14H18N4/c1-2-18(13-6-4-3-5-7-13)11-12-8-9-16-14(10-12)17-15/h3-10H,2,11,15H2,1H3,(H,16,17). The van der Waals surface area contributed by atoms with Crippen molar-refractivity contribution in [3.63, 3.8) is 0 Å². The Bertz CT molecular complexity index is 484. The maximum absolute atomic E-state index is 5.37. The summed E-state index contributed by atoms with van der Waals surface area (Å²) in [4.78, 5) is 6.41. The topological polar surface area (TPSA) is 54.2 Å².